The quantitative estimate of drug-likeness (QED) is 0.652. The number of phenolic OH excluding ortho intramolecular Hbond substituents is 1. The van der Waals surface area contributed by atoms with Gasteiger partial charge in [-0.05, 0) is 37.5 Å². The Hall–Kier alpha value is -2.65. The molecule has 0 spiro atoms. The van der Waals surface area contributed by atoms with Crippen molar-refractivity contribution in [2.24, 2.45) is 0 Å². The molecule has 4 rings (SSSR count). The van der Waals surface area contributed by atoms with Crippen molar-refractivity contribution in [1.29, 1.82) is 0 Å². The summed E-state index contributed by atoms with van der Waals surface area (Å²) in [5.41, 5.74) is 1.11. The van der Waals surface area contributed by atoms with E-state index in [0.29, 0.717) is 31.9 Å². The van der Waals surface area contributed by atoms with E-state index in [4.69, 9.17) is 9.47 Å². The molecule has 0 bridgehead atoms. The molecule has 9 nitrogen and oxygen atoms in total. The van der Waals surface area contributed by atoms with Gasteiger partial charge >= 0.3 is 0 Å². The molecule has 1 saturated heterocycles. The molecule has 31 heavy (non-hydrogen) atoms. The lowest BCUT2D eigenvalue weighted by Crippen LogP contribution is -2.35. The lowest BCUT2D eigenvalue weighted by molar-refractivity contribution is -0.130. The van der Waals surface area contributed by atoms with Crippen LogP contribution in [0.15, 0.2) is 18.2 Å². The molecule has 2 aromatic rings. The number of aromatic nitrogens is 3. The van der Waals surface area contributed by atoms with Gasteiger partial charge in [0, 0.05) is 52.2 Å². The van der Waals surface area contributed by atoms with E-state index in [1.54, 1.807) is 6.07 Å². The highest BCUT2D eigenvalue weighted by atomic mass is 16.5. The minimum atomic E-state index is -0.299. The zero-order valence-electron chi connectivity index (χ0n) is 18.0. The first-order valence-electron chi connectivity index (χ1n) is 11.1. The summed E-state index contributed by atoms with van der Waals surface area (Å²) in [6.45, 7) is 6.99. The molecule has 3 heterocycles. The van der Waals surface area contributed by atoms with Gasteiger partial charge in [-0.1, -0.05) is 6.07 Å². The second-order valence-corrected chi connectivity index (χ2v) is 7.99. The van der Waals surface area contributed by atoms with Crippen molar-refractivity contribution in [3.05, 3.63) is 35.4 Å². The van der Waals surface area contributed by atoms with E-state index < -0.39 is 0 Å². The van der Waals surface area contributed by atoms with Crippen LogP contribution < -0.4 is 10.1 Å². The number of phenols is 1. The highest BCUT2D eigenvalue weighted by Gasteiger charge is 2.24. The number of fused-ring (bicyclic) bond motifs is 1. The standard InChI is InChI=1S/C22H31N5O4/c1-2-30-19-14-16(5-6-17(19)28)15-26-10-8-21-25-24-20(27(21)12-11-26)7-9-23-22(29)18-4-3-13-31-18/h5-6,14,18,28H,2-4,7-13,15H2,1H3,(H,23,29). The molecule has 0 saturated carbocycles. The third-order valence-electron chi connectivity index (χ3n) is 5.80. The Morgan fingerprint density at radius 1 is 1.32 bits per heavy atom. The summed E-state index contributed by atoms with van der Waals surface area (Å²) < 4.78 is 13.1. The van der Waals surface area contributed by atoms with Gasteiger partial charge in [0.1, 0.15) is 17.8 Å². The van der Waals surface area contributed by atoms with Gasteiger partial charge in [-0.2, -0.15) is 0 Å². The third-order valence-corrected chi connectivity index (χ3v) is 5.80. The molecule has 2 aliphatic heterocycles. The minimum absolute atomic E-state index is 0.0281. The van der Waals surface area contributed by atoms with Gasteiger partial charge in [-0.15, -0.1) is 10.2 Å². The summed E-state index contributed by atoms with van der Waals surface area (Å²) in [6, 6.07) is 5.53. The number of ether oxygens (including phenoxy) is 2. The van der Waals surface area contributed by atoms with Crippen molar-refractivity contribution < 1.29 is 19.4 Å². The largest absolute Gasteiger partial charge is 0.504 e. The molecule has 1 unspecified atom stereocenters. The number of amides is 1. The molecule has 0 aliphatic carbocycles. The van der Waals surface area contributed by atoms with Gasteiger partial charge in [-0.25, -0.2) is 0 Å². The van der Waals surface area contributed by atoms with E-state index in [1.165, 1.54) is 0 Å². The van der Waals surface area contributed by atoms with Crippen LogP contribution in [0.4, 0.5) is 0 Å². The number of benzene rings is 1. The van der Waals surface area contributed by atoms with Crippen molar-refractivity contribution in [3.63, 3.8) is 0 Å². The number of aromatic hydroxyl groups is 1. The SMILES string of the molecule is CCOc1cc(CN2CCc3nnc(CCNC(=O)C4CCCO4)n3CC2)ccc1O. The Labute approximate surface area is 182 Å². The van der Waals surface area contributed by atoms with Crippen LogP contribution in [0.3, 0.4) is 0 Å². The van der Waals surface area contributed by atoms with Crippen LogP contribution in [-0.4, -0.2) is 69.6 Å². The molecule has 2 aliphatic rings. The first kappa shape index (κ1) is 21.6. The van der Waals surface area contributed by atoms with E-state index in [1.807, 2.05) is 19.1 Å². The number of carbonyl (C=O) groups is 1. The maximum atomic E-state index is 12.1. The van der Waals surface area contributed by atoms with E-state index in [2.05, 4.69) is 25.0 Å². The van der Waals surface area contributed by atoms with Gasteiger partial charge in [0.05, 0.1) is 6.61 Å². The Kier molecular flexibility index (Phi) is 7.03. The molecule has 2 N–H and O–H groups in total. The molecule has 9 heteroatoms. The third kappa shape index (κ3) is 5.34. The topological polar surface area (TPSA) is 102 Å². The van der Waals surface area contributed by atoms with E-state index >= 15 is 0 Å². The maximum Gasteiger partial charge on any atom is 0.249 e. The molecule has 1 atom stereocenters. The highest BCUT2D eigenvalue weighted by Crippen LogP contribution is 2.27. The summed E-state index contributed by atoms with van der Waals surface area (Å²) in [5.74, 6) is 2.57. The number of nitrogens with one attached hydrogen (secondary N) is 1. The molecule has 1 aromatic carbocycles. The Morgan fingerprint density at radius 3 is 3.03 bits per heavy atom. The van der Waals surface area contributed by atoms with Crippen LogP contribution >= 0.6 is 0 Å². The summed E-state index contributed by atoms with van der Waals surface area (Å²) in [7, 11) is 0. The summed E-state index contributed by atoms with van der Waals surface area (Å²) >= 11 is 0. The zero-order chi connectivity index (χ0) is 21.6. The van der Waals surface area contributed by atoms with Crippen LogP contribution in [0.5, 0.6) is 11.5 Å². The van der Waals surface area contributed by atoms with Crippen molar-refractivity contribution >= 4 is 5.91 Å². The van der Waals surface area contributed by atoms with Gasteiger partial charge in [-0.3, -0.25) is 9.69 Å². The van der Waals surface area contributed by atoms with Crippen LogP contribution in [0, 0.1) is 0 Å². The monoisotopic (exact) mass is 429 g/mol. The van der Waals surface area contributed by atoms with Gasteiger partial charge in [0.15, 0.2) is 11.5 Å². The average Bonchev–Trinajstić information content (AvgIpc) is 3.39. The second kappa shape index (κ2) is 10.1. The first-order chi connectivity index (χ1) is 15.1. The van der Waals surface area contributed by atoms with Gasteiger partial charge in [0.25, 0.3) is 0 Å². The molecular formula is C22H31N5O4. The van der Waals surface area contributed by atoms with Crippen molar-refractivity contribution in [2.75, 3.05) is 32.8 Å². The summed E-state index contributed by atoms with van der Waals surface area (Å²) in [4.78, 5) is 14.5. The Morgan fingerprint density at radius 2 is 2.23 bits per heavy atom. The number of carbonyl (C=O) groups excluding carboxylic acids is 1. The fraction of sp³-hybridized carbons (Fsp3) is 0.591. The lowest BCUT2D eigenvalue weighted by atomic mass is 10.2. The van der Waals surface area contributed by atoms with Crippen molar-refractivity contribution in [2.45, 2.75) is 51.8 Å². The second-order valence-electron chi connectivity index (χ2n) is 7.99. The first-order valence-corrected chi connectivity index (χ1v) is 11.1. The summed E-state index contributed by atoms with van der Waals surface area (Å²) in [5, 5.41) is 21.6. The van der Waals surface area contributed by atoms with E-state index in [0.717, 1.165) is 62.7 Å². The smallest absolute Gasteiger partial charge is 0.249 e. The molecular weight excluding hydrogens is 398 g/mol. The maximum absolute atomic E-state index is 12.1. The fourth-order valence-corrected chi connectivity index (χ4v) is 4.15. The number of hydrogen-bond donors (Lipinski definition) is 2. The fourth-order valence-electron chi connectivity index (χ4n) is 4.15. The lowest BCUT2D eigenvalue weighted by Gasteiger charge is -2.20. The summed E-state index contributed by atoms with van der Waals surface area (Å²) in [6.07, 6.45) is 2.93. The van der Waals surface area contributed by atoms with E-state index in [9.17, 15) is 9.90 Å². The minimum Gasteiger partial charge on any atom is -0.504 e. The van der Waals surface area contributed by atoms with Crippen LogP contribution in [-0.2, 0) is 35.5 Å². The molecule has 168 valence electrons. The number of rotatable bonds is 8. The predicted molar refractivity (Wildman–Crippen MR) is 114 cm³/mol. The molecule has 1 aromatic heterocycles. The van der Waals surface area contributed by atoms with Crippen molar-refractivity contribution in [1.82, 2.24) is 25.0 Å². The highest BCUT2D eigenvalue weighted by molar-refractivity contribution is 5.80. The predicted octanol–water partition coefficient (Wildman–Crippen LogP) is 1.28. The number of nitrogens with zero attached hydrogens (tertiary/aromatic N) is 4. The van der Waals surface area contributed by atoms with Crippen LogP contribution in [0.1, 0.15) is 37.0 Å². The average molecular weight is 430 g/mol. The van der Waals surface area contributed by atoms with Gasteiger partial charge < -0.3 is 24.5 Å². The normalized spacial score (nSPS) is 19.1. The van der Waals surface area contributed by atoms with Crippen molar-refractivity contribution in [3.8, 4) is 11.5 Å². The molecule has 1 amide bonds. The van der Waals surface area contributed by atoms with Crippen LogP contribution in [0.2, 0.25) is 0 Å². The molecule has 1 fully saturated rings. The Bertz CT molecular complexity index is 894. The van der Waals surface area contributed by atoms with Gasteiger partial charge in [0.2, 0.25) is 5.91 Å². The van der Waals surface area contributed by atoms with Crippen LogP contribution in [0.25, 0.3) is 0 Å². The number of hydrogen-bond acceptors (Lipinski definition) is 7. The Balaban J connectivity index is 1.30. The molecule has 0 radical (unpaired) electrons. The van der Waals surface area contributed by atoms with E-state index in [-0.39, 0.29) is 17.8 Å². The zero-order valence-corrected chi connectivity index (χ0v) is 18.0.